The van der Waals surface area contributed by atoms with Crippen molar-refractivity contribution < 1.29 is 9.53 Å². The highest BCUT2D eigenvalue weighted by atomic mass is 16.5. The third kappa shape index (κ3) is 2.35. The molecule has 0 atom stereocenters. The maximum atomic E-state index is 12.4. The summed E-state index contributed by atoms with van der Waals surface area (Å²) in [6.45, 7) is -0.224. The SMILES string of the molecule is Cn1c(=O)n(C(=O)COc2ccccc2)c2cc(N)ccc21. The van der Waals surface area contributed by atoms with E-state index in [0.29, 0.717) is 22.5 Å². The van der Waals surface area contributed by atoms with Crippen LogP contribution in [-0.2, 0) is 7.05 Å². The molecule has 0 fully saturated rings. The third-order valence-corrected chi connectivity index (χ3v) is 3.43. The van der Waals surface area contributed by atoms with Crippen molar-refractivity contribution in [2.24, 2.45) is 7.05 Å². The number of fused-ring (bicyclic) bond motifs is 1. The zero-order chi connectivity index (χ0) is 15.7. The Morgan fingerprint density at radius 1 is 1.14 bits per heavy atom. The van der Waals surface area contributed by atoms with E-state index in [1.54, 1.807) is 37.4 Å². The first-order valence-electron chi connectivity index (χ1n) is 6.76. The molecule has 0 unspecified atom stereocenters. The number of imidazole rings is 1. The molecule has 1 heterocycles. The second-order valence-electron chi connectivity index (χ2n) is 4.92. The van der Waals surface area contributed by atoms with Crippen molar-refractivity contribution in [2.75, 3.05) is 12.3 Å². The van der Waals surface area contributed by atoms with E-state index in [2.05, 4.69) is 0 Å². The average Bonchev–Trinajstić information content (AvgIpc) is 2.77. The smallest absolute Gasteiger partial charge is 0.335 e. The lowest BCUT2D eigenvalue weighted by Gasteiger charge is -2.06. The van der Waals surface area contributed by atoms with Crippen LogP contribution in [0.1, 0.15) is 4.79 Å². The lowest BCUT2D eigenvalue weighted by atomic mass is 10.3. The van der Waals surface area contributed by atoms with E-state index in [0.717, 1.165) is 4.57 Å². The van der Waals surface area contributed by atoms with E-state index in [9.17, 15) is 9.59 Å². The minimum absolute atomic E-state index is 0.224. The fourth-order valence-electron chi connectivity index (χ4n) is 2.33. The largest absolute Gasteiger partial charge is 0.484 e. The molecule has 0 aliphatic heterocycles. The van der Waals surface area contributed by atoms with Crippen molar-refractivity contribution >= 4 is 22.6 Å². The minimum Gasteiger partial charge on any atom is -0.484 e. The standard InChI is InChI=1S/C16H15N3O3/c1-18-13-8-7-11(17)9-14(13)19(16(18)21)15(20)10-22-12-5-3-2-4-6-12/h2-9H,10,17H2,1H3. The number of hydrogen-bond acceptors (Lipinski definition) is 4. The molecule has 6 heteroatoms. The van der Waals surface area contributed by atoms with Gasteiger partial charge in [0.15, 0.2) is 6.61 Å². The van der Waals surface area contributed by atoms with Gasteiger partial charge in [-0.15, -0.1) is 0 Å². The number of aryl methyl sites for hydroxylation is 1. The van der Waals surface area contributed by atoms with Crippen LogP contribution < -0.4 is 16.2 Å². The third-order valence-electron chi connectivity index (χ3n) is 3.43. The second-order valence-corrected chi connectivity index (χ2v) is 4.92. The monoisotopic (exact) mass is 297 g/mol. The normalized spacial score (nSPS) is 10.8. The van der Waals surface area contributed by atoms with Crippen molar-refractivity contribution in [1.29, 1.82) is 0 Å². The molecule has 0 aliphatic carbocycles. The predicted molar refractivity (Wildman–Crippen MR) is 84.2 cm³/mol. The molecule has 0 aliphatic rings. The number of carbonyl (C=O) groups excluding carboxylic acids is 1. The average molecular weight is 297 g/mol. The van der Waals surface area contributed by atoms with Crippen molar-refractivity contribution in [3.05, 3.63) is 59.0 Å². The van der Waals surface area contributed by atoms with Crippen LogP contribution in [0.2, 0.25) is 0 Å². The fourth-order valence-corrected chi connectivity index (χ4v) is 2.33. The first kappa shape index (κ1) is 13.9. The summed E-state index contributed by atoms with van der Waals surface area (Å²) < 4.78 is 7.92. The van der Waals surface area contributed by atoms with Gasteiger partial charge in [-0.25, -0.2) is 9.36 Å². The van der Waals surface area contributed by atoms with E-state index in [4.69, 9.17) is 10.5 Å². The molecule has 0 saturated carbocycles. The van der Waals surface area contributed by atoms with E-state index in [1.807, 2.05) is 18.2 Å². The summed E-state index contributed by atoms with van der Waals surface area (Å²) >= 11 is 0. The van der Waals surface area contributed by atoms with Crippen LogP contribution >= 0.6 is 0 Å². The summed E-state index contributed by atoms with van der Waals surface area (Å²) in [5.74, 6) is 0.133. The van der Waals surface area contributed by atoms with E-state index in [1.165, 1.54) is 4.57 Å². The lowest BCUT2D eigenvalue weighted by molar-refractivity contribution is 0.0838. The molecule has 3 rings (SSSR count). The molecule has 6 nitrogen and oxygen atoms in total. The number of ether oxygens (including phenoxy) is 1. The van der Waals surface area contributed by atoms with E-state index >= 15 is 0 Å². The van der Waals surface area contributed by atoms with Crippen LogP contribution in [0.15, 0.2) is 53.3 Å². The molecule has 3 aromatic rings. The summed E-state index contributed by atoms with van der Waals surface area (Å²) in [7, 11) is 1.61. The van der Waals surface area contributed by atoms with Crippen LogP contribution in [0.4, 0.5) is 5.69 Å². The molecule has 1 aromatic heterocycles. The van der Waals surface area contributed by atoms with Gasteiger partial charge in [0, 0.05) is 12.7 Å². The van der Waals surface area contributed by atoms with Crippen molar-refractivity contribution in [1.82, 2.24) is 9.13 Å². The number of aromatic nitrogens is 2. The molecule has 112 valence electrons. The molecule has 2 aromatic carbocycles. The topological polar surface area (TPSA) is 79.2 Å². The number of para-hydroxylation sites is 1. The molecule has 0 spiro atoms. The van der Waals surface area contributed by atoms with Gasteiger partial charge >= 0.3 is 5.69 Å². The van der Waals surface area contributed by atoms with Crippen LogP contribution in [0, 0.1) is 0 Å². The van der Waals surface area contributed by atoms with Crippen LogP contribution in [0.5, 0.6) is 5.75 Å². The quantitative estimate of drug-likeness (QED) is 0.745. The first-order chi connectivity index (χ1) is 10.6. The summed E-state index contributed by atoms with van der Waals surface area (Å²) in [6, 6.07) is 14.0. The lowest BCUT2D eigenvalue weighted by Crippen LogP contribution is -2.31. The maximum absolute atomic E-state index is 12.4. The number of carbonyl (C=O) groups is 1. The zero-order valence-electron chi connectivity index (χ0n) is 12.0. The highest BCUT2D eigenvalue weighted by Crippen LogP contribution is 2.16. The molecule has 0 saturated heterocycles. The van der Waals surface area contributed by atoms with Gasteiger partial charge in [0.05, 0.1) is 11.0 Å². The summed E-state index contributed by atoms with van der Waals surface area (Å²) in [5, 5.41) is 0. The van der Waals surface area contributed by atoms with Gasteiger partial charge in [0.1, 0.15) is 5.75 Å². The number of hydrogen-bond donors (Lipinski definition) is 1. The summed E-state index contributed by atoms with van der Waals surface area (Å²) in [5.41, 5.74) is 6.95. The molecular formula is C16H15N3O3. The zero-order valence-corrected chi connectivity index (χ0v) is 12.0. The van der Waals surface area contributed by atoms with Crippen LogP contribution in [-0.4, -0.2) is 21.6 Å². The Labute approximate surface area is 126 Å². The van der Waals surface area contributed by atoms with Crippen LogP contribution in [0.25, 0.3) is 11.0 Å². The van der Waals surface area contributed by atoms with E-state index in [-0.39, 0.29) is 6.61 Å². The van der Waals surface area contributed by atoms with Gasteiger partial charge in [-0.1, -0.05) is 18.2 Å². The Bertz CT molecular complexity index is 894. The number of benzene rings is 2. The first-order valence-corrected chi connectivity index (χ1v) is 6.76. The molecule has 22 heavy (non-hydrogen) atoms. The molecular weight excluding hydrogens is 282 g/mol. The number of rotatable bonds is 3. The molecule has 0 amide bonds. The number of nitrogens with zero attached hydrogens (tertiary/aromatic N) is 2. The van der Waals surface area contributed by atoms with Gasteiger partial charge in [-0.3, -0.25) is 9.36 Å². The molecule has 0 radical (unpaired) electrons. The van der Waals surface area contributed by atoms with Gasteiger partial charge in [-0.05, 0) is 30.3 Å². The van der Waals surface area contributed by atoms with Gasteiger partial charge in [0.2, 0.25) is 0 Å². The van der Waals surface area contributed by atoms with Crippen LogP contribution in [0.3, 0.4) is 0 Å². The van der Waals surface area contributed by atoms with Crippen molar-refractivity contribution in [3.63, 3.8) is 0 Å². The Kier molecular flexibility index (Phi) is 3.42. The Morgan fingerprint density at radius 3 is 2.59 bits per heavy atom. The molecule has 0 bridgehead atoms. The van der Waals surface area contributed by atoms with Crippen molar-refractivity contribution in [3.8, 4) is 5.75 Å². The summed E-state index contributed by atoms with van der Waals surface area (Å²) in [6.07, 6.45) is 0. The Balaban J connectivity index is 1.95. The minimum atomic E-state index is -0.440. The Morgan fingerprint density at radius 2 is 1.86 bits per heavy atom. The predicted octanol–water partition coefficient (Wildman–Crippen LogP) is 1.64. The fraction of sp³-hybridized carbons (Fsp3) is 0.125. The summed E-state index contributed by atoms with van der Waals surface area (Å²) in [4.78, 5) is 24.6. The van der Waals surface area contributed by atoms with Gasteiger partial charge < -0.3 is 10.5 Å². The number of anilines is 1. The number of nitrogen functional groups attached to an aromatic ring is 1. The maximum Gasteiger partial charge on any atom is 0.335 e. The number of nitrogens with two attached hydrogens (primary N) is 1. The van der Waals surface area contributed by atoms with Gasteiger partial charge in [-0.2, -0.15) is 0 Å². The van der Waals surface area contributed by atoms with Crippen molar-refractivity contribution in [2.45, 2.75) is 0 Å². The highest BCUT2D eigenvalue weighted by molar-refractivity contribution is 5.92. The highest BCUT2D eigenvalue weighted by Gasteiger charge is 2.17. The molecule has 2 N–H and O–H groups in total. The Hall–Kier alpha value is -3.02. The second kappa shape index (κ2) is 5.40. The van der Waals surface area contributed by atoms with Gasteiger partial charge in [0.25, 0.3) is 5.91 Å². The van der Waals surface area contributed by atoms with E-state index < -0.39 is 11.6 Å².